The molecular formula is C30H45N3O4. The topological polar surface area (TPSA) is 75.1 Å². The quantitative estimate of drug-likeness (QED) is 0.202. The van der Waals surface area contributed by atoms with Gasteiger partial charge in [-0.2, -0.15) is 0 Å². The number of piperidine rings is 1. The highest BCUT2D eigenvalue weighted by molar-refractivity contribution is 5.84. The largest absolute Gasteiger partial charge is 0.497 e. The lowest BCUT2D eigenvalue weighted by atomic mass is 9.99. The molecular weight excluding hydrogens is 466 g/mol. The molecule has 0 bridgehead atoms. The molecule has 7 heteroatoms. The lowest BCUT2D eigenvalue weighted by Gasteiger charge is -2.39. The van der Waals surface area contributed by atoms with Crippen LogP contribution in [0.15, 0.2) is 42.6 Å². The molecule has 0 unspecified atom stereocenters. The molecule has 37 heavy (non-hydrogen) atoms. The van der Waals surface area contributed by atoms with Crippen molar-refractivity contribution in [3.8, 4) is 5.75 Å². The SMILES string of the molecule is CCCCCCCN(C/C=C/C(=O)OCC)C1CCN(C[C@H](O)c2ccnc3ccc(OC)cc23)CC1. The molecule has 1 aromatic heterocycles. The third-order valence-corrected chi connectivity index (χ3v) is 7.28. The third kappa shape index (κ3) is 9.09. The van der Waals surface area contributed by atoms with Gasteiger partial charge >= 0.3 is 5.97 Å². The number of rotatable bonds is 15. The number of aliphatic hydroxyl groups excluding tert-OH is 1. The minimum absolute atomic E-state index is 0.268. The first kappa shape index (κ1) is 29.1. The fourth-order valence-corrected chi connectivity index (χ4v) is 5.19. The maximum atomic E-state index is 11.7. The lowest BCUT2D eigenvalue weighted by Crippen LogP contribution is -2.46. The molecule has 1 N–H and O–H groups in total. The zero-order chi connectivity index (χ0) is 26.5. The van der Waals surface area contributed by atoms with E-state index in [4.69, 9.17) is 9.47 Å². The van der Waals surface area contributed by atoms with Crippen molar-refractivity contribution >= 4 is 16.9 Å². The summed E-state index contributed by atoms with van der Waals surface area (Å²) >= 11 is 0. The Labute approximate surface area is 222 Å². The van der Waals surface area contributed by atoms with Gasteiger partial charge in [-0.15, -0.1) is 0 Å². The van der Waals surface area contributed by atoms with E-state index in [-0.39, 0.29) is 5.97 Å². The first-order valence-electron chi connectivity index (χ1n) is 14.0. The molecule has 0 aliphatic carbocycles. The van der Waals surface area contributed by atoms with Crippen LogP contribution >= 0.6 is 0 Å². The third-order valence-electron chi connectivity index (χ3n) is 7.28. The number of pyridine rings is 1. The van der Waals surface area contributed by atoms with Crippen LogP contribution in [0.4, 0.5) is 0 Å². The van der Waals surface area contributed by atoms with Gasteiger partial charge < -0.3 is 19.5 Å². The average molecular weight is 512 g/mol. The van der Waals surface area contributed by atoms with E-state index in [0.717, 1.165) is 61.2 Å². The second-order valence-corrected chi connectivity index (χ2v) is 9.89. The van der Waals surface area contributed by atoms with Crippen LogP contribution in [0.1, 0.15) is 70.5 Å². The van der Waals surface area contributed by atoms with Crippen molar-refractivity contribution in [1.29, 1.82) is 0 Å². The molecule has 0 saturated carbocycles. The number of β-amino-alcohol motifs (C(OH)–C–C–N with tert-alkyl or cyclic N) is 1. The average Bonchev–Trinajstić information content (AvgIpc) is 2.92. The molecule has 204 valence electrons. The number of carbonyl (C=O) groups excluding carboxylic acids is 1. The van der Waals surface area contributed by atoms with Crippen molar-refractivity contribution in [3.63, 3.8) is 0 Å². The number of carbonyl (C=O) groups is 1. The number of esters is 1. The Bertz CT molecular complexity index is 988. The highest BCUT2D eigenvalue weighted by Gasteiger charge is 2.26. The molecule has 0 spiro atoms. The van der Waals surface area contributed by atoms with E-state index in [9.17, 15) is 9.90 Å². The summed E-state index contributed by atoms with van der Waals surface area (Å²) in [5, 5.41) is 12.1. The standard InChI is InChI=1S/C30H45N3O4/c1-4-6-7-8-9-18-33(19-10-11-30(35)37-5-2)24-15-20-32(21-16-24)23-29(34)26-14-17-31-28-13-12-25(36-3)22-27(26)28/h10-14,17,22,24,29,34H,4-9,15-16,18-21,23H2,1-3H3/b11-10+/t29-/m0/s1. The molecule has 0 radical (unpaired) electrons. The summed E-state index contributed by atoms with van der Waals surface area (Å²) in [5.74, 6) is 0.497. The number of aliphatic hydroxyl groups is 1. The number of ether oxygens (including phenoxy) is 2. The maximum Gasteiger partial charge on any atom is 0.330 e. The lowest BCUT2D eigenvalue weighted by molar-refractivity contribution is -0.137. The minimum atomic E-state index is -0.587. The number of hydrogen-bond acceptors (Lipinski definition) is 7. The Balaban J connectivity index is 1.56. The summed E-state index contributed by atoms with van der Waals surface area (Å²) in [6.45, 7) is 8.78. The summed E-state index contributed by atoms with van der Waals surface area (Å²) in [6, 6.07) is 8.18. The Morgan fingerprint density at radius 3 is 2.70 bits per heavy atom. The highest BCUT2D eigenvalue weighted by atomic mass is 16.5. The van der Waals surface area contributed by atoms with Crippen LogP contribution < -0.4 is 4.74 Å². The molecule has 2 heterocycles. The van der Waals surface area contributed by atoms with Crippen LogP contribution in [0.2, 0.25) is 0 Å². The van der Waals surface area contributed by atoms with E-state index in [2.05, 4.69) is 21.7 Å². The summed E-state index contributed by atoms with van der Waals surface area (Å²) in [6.07, 6.45) is 13.1. The molecule has 1 fully saturated rings. The van der Waals surface area contributed by atoms with E-state index in [1.165, 1.54) is 32.1 Å². The van der Waals surface area contributed by atoms with Crippen molar-refractivity contribution in [2.75, 3.05) is 46.4 Å². The van der Waals surface area contributed by atoms with Gasteiger partial charge in [0, 0.05) is 36.8 Å². The summed E-state index contributed by atoms with van der Waals surface area (Å²) in [4.78, 5) is 21.1. The second-order valence-electron chi connectivity index (χ2n) is 9.89. The number of fused-ring (bicyclic) bond motifs is 1. The smallest absolute Gasteiger partial charge is 0.330 e. The van der Waals surface area contributed by atoms with Crippen molar-refractivity contribution in [3.05, 3.63) is 48.2 Å². The van der Waals surface area contributed by atoms with Crippen LogP contribution in [-0.2, 0) is 9.53 Å². The van der Waals surface area contributed by atoms with E-state index < -0.39 is 6.10 Å². The van der Waals surface area contributed by atoms with Gasteiger partial charge in [0.05, 0.1) is 25.3 Å². The van der Waals surface area contributed by atoms with Crippen molar-refractivity contribution < 1.29 is 19.4 Å². The van der Waals surface area contributed by atoms with E-state index >= 15 is 0 Å². The van der Waals surface area contributed by atoms with Crippen LogP contribution in [0.25, 0.3) is 10.9 Å². The van der Waals surface area contributed by atoms with Gasteiger partial charge in [-0.1, -0.05) is 38.7 Å². The molecule has 0 amide bonds. The Kier molecular flexibility index (Phi) is 12.3. The molecule has 1 aliphatic heterocycles. The Morgan fingerprint density at radius 2 is 1.97 bits per heavy atom. The fraction of sp³-hybridized carbons (Fsp3) is 0.600. The summed E-state index contributed by atoms with van der Waals surface area (Å²) in [7, 11) is 1.65. The number of nitrogens with zero attached hydrogens (tertiary/aromatic N) is 3. The van der Waals surface area contributed by atoms with Crippen molar-refractivity contribution in [2.45, 2.75) is 70.9 Å². The minimum Gasteiger partial charge on any atom is -0.497 e. The predicted octanol–water partition coefficient (Wildman–Crippen LogP) is 5.13. The van der Waals surface area contributed by atoms with Gasteiger partial charge in [0.1, 0.15) is 5.75 Å². The predicted molar refractivity (Wildman–Crippen MR) is 149 cm³/mol. The van der Waals surface area contributed by atoms with Crippen molar-refractivity contribution in [2.24, 2.45) is 0 Å². The zero-order valence-corrected chi connectivity index (χ0v) is 22.9. The molecule has 1 aliphatic rings. The maximum absolute atomic E-state index is 11.7. The highest BCUT2D eigenvalue weighted by Crippen LogP contribution is 2.28. The van der Waals surface area contributed by atoms with Gasteiger partial charge in [0.15, 0.2) is 0 Å². The van der Waals surface area contributed by atoms with Gasteiger partial charge in [-0.05, 0) is 75.6 Å². The molecule has 1 aromatic carbocycles. The van der Waals surface area contributed by atoms with Crippen LogP contribution in [-0.4, -0.2) is 78.3 Å². The second kappa shape index (κ2) is 15.7. The Morgan fingerprint density at radius 1 is 1.19 bits per heavy atom. The van der Waals surface area contributed by atoms with Gasteiger partial charge in [0.2, 0.25) is 0 Å². The van der Waals surface area contributed by atoms with E-state index in [1.54, 1.807) is 19.4 Å². The molecule has 2 aromatic rings. The number of unbranched alkanes of at least 4 members (excludes halogenated alkanes) is 4. The van der Waals surface area contributed by atoms with Gasteiger partial charge in [-0.3, -0.25) is 9.88 Å². The summed E-state index contributed by atoms with van der Waals surface area (Å²) < 4.78 is 10.4. The van der Waals surface area contributed by atoms with Gasteiger partial charge in [0.25, 0.3) is 0 Å². The number of methoxy groups -OCH3 is 1. The van der Waals surface area contributed by atoms with Crippen LogP contribution in [0, 0.1) is 0 Å². The first-order chi connectivity index (χ1) is 18.0. The van der Waals surface area contributed by atoms with Crippen LogP contribution in [0.5, 0.6) is 5.75 Å². The number of aromatic nitrogens is 1. The number of hydrogen-bond donors (Lipinski definition) is 1. The fourth-order valence-electron chi connectivity index (χ4n) is 5.19. The monoisotopic (exact) mass is 511 g/mol. The number of benzene rings is 1. The molecule has 3 rings (SSSR count). The molecule has 1 atom stereocenters. The van der Waals surface area contributed by atoms with E-state index in [0.29, 0.717) is 19.2 Å². The van der Waals surface area contributed by atoms with Crippen molar-refractivity contribution in [1.82, 2.24) is 14.8 Å². The van der Waals surface area contributed by atoms with Crippen LogP contribution in [0.3, 0.4) is 0 Å². The van der Waals surface area contributed by atoms with E-state index in [1.807, 2.05) is 37.3 Å². The Hall–Kier alpha value is -2.48. The normalized spacial score (nSPS) is 16.0. The summed E-state index contributed by atoms with van der Waals surface area (Å²) in [5.41, 5.74) is 1.75. The molecule has 7 nitrogen and oxygen atoms in total. The molecule has 1 saturated heterocycles. The first-order valence-corrected chi connectivity index (χ1v) is 14.0. The van der Waals surface area contributed by atoms with Gasteiger partial charge in [-0.25, -0.2) is 4.79 Å². The zero-order valence-electron chi connectivity index (χ0n) is 22.9. The number of likely N-dealkylation sites (tertiary alicyclic amines) is 1.